The number of aryl methyl sites for hydroxylation is 3. The molecule has 6 heteroatoms. The third kappa shape index (κ3) is 5.20. The molecule has 0 aliphatic rings. The van der Waals surface area contributed by atoms with Gasteiger partial charge in [0.1, 0.15) is 10.8 Å². The number of pyridine rings is 1. The molecule has 1 N–H and O–H groups in total. The van der Waals surface area contributed by atoms with Gasteiger partial charge in [-0.05, 0) is 44.4 Å². The van der Waals surface area contributed by atoms with Crippen molar-refractivity contribution >= 4 is 17.7 Å². The fourth-order valence-corrected chi connectivity index (χ4v) is 3.91. The molecule has 0 saturated heterocycles. The Morgan fingerprint density at radius 1 is 1.15 bits per heavy atom. The minimum atomic E-state index is -0.0857. The summed E-state index contributed by atoms with van der Waals surface area (Å²) >= 11 is 1.53. The molecule has 27 heavy (non-hydrogen) atoms. The largest absolute Gasteiger partial charge is 0.361 e. The van der Waals surface area contributed by atoms with Gasteiger partial charge in [-0.3, -0.25) is 4.79 Å². The summed E-state index contributed by atoms with van der Waals surface area (Å²) in [5.74, 6) is 1.40. The van der Waals surface area contributed by atoms with Gasteiger partial charge in [0.05, 0.1) is 11.3 Å². The van der Waals surface area contributed by atoms with E-state index in [2.05, 4.69) is 27.6 Å². The van der Waals surface area contributed by atoms with Crippen LogP contribution in [0.5, 0.6) is 0 Å². The highest BCUT2D eigenvalue weighted by Crippen LogP contribution is 2.27. The van der Waals surface area contributed by atoms with Gasteiger partial charge in [0, 0.05) is 24.1 Å². The number of nitrogens with one attached hydrogen (secondary N) is 1. The van der Waals surface area contributed by atoms with Crippen LogP contribution in [-0.4, -0.2) is 22.6 Å². The Kier molecular flexibility index (Phi) is 6.65. The summed E-state index contributed by atoms with van der Waals surface area (Å²) in [6.45, 7) is 4.45. The van der Waals surface area contributed by atoms with Crippen molar-refractivity contribution in [2.75, 3.05) is 6.54 Å². The van der Waals surface area contributed by atoms with Crippen LogP contribution in [0.25, 0.3) is 0 Å². The van der Waals surface area contributed by atoms with E-state index in [1.165, 1.54) is 17.3 Å². The average Bonchev–Trinajstić information content (AvgIpc) is 3.02. The average molecular weight is 382 g/mol. The quantitative estimate of drug-likeness (QED) is 0.464. The van der Waals surface area contributed by atoms with Gasteiger partial charge in [0.15, 0.2) is 0 Å². The highest BCUT2D eigenvalue weighted by Gasteiger charge is 2.15. The van der Waals surface area contributed by atoms with Crippen molar-refractivity contribution in [3.8, 4) is 0 Å². The number of carbonyl (C=O) groups is 1. The summed E-state index contributed by atoms with van der Waals surface area (Å²) < 4.78 is 5.20. The summed E-state index contributed by atoms with van der Waals surface area (Å²) in [7, 11) is 0. The monoisotopic (exact) mass is 381 g/mol. The van der Waals surface area contributed by atoms with Crippen LogP contribution in [0.4, 0.5) is 0 Å². The van der Waals surface area contributed by atoms with Gasteiger partial charge in [-0.25, -0.2) is 4.98 Å². The van der Waals surface area contributed by atoms with Crippen LogP contribution in [0.3, 0.4) is 0 Å². The number of thioether (sulfide) groups is 1. The van der Waals surface area contributed by atoms with Crippen molar-refractivity contribution in [1.82, 2.24) is 15.5 Å². The van der Waals surface area contributed by atoms with Gasteiger partial charge in [0.2, 0.25) is 0 Å². The van der Waals surface area contributed by atoms with Crippen molar-refractivity contribution in [2.45, 2.75) is 37.5 Å². The van der Waals surface area contributed by atoms with E-state index in [4.69, 9.17) is 4.52 Å². The van der Waals surface area contributed by atoms with E-state index in [0.29, 0.717) is 17.9 Å². The van der Waals surface area contributed by atoms with Crippen LogP contribution in [0.1, 0.15) is 39.4 Å². The number of carbonyl (C=O) groups excluding carboxylic acids is 1. The Bertz CT molecular complexity index is 874. The van der Waals surface area contributed by atoms with Gasteiger partial charge in [-0.2, -0.15) is 0 Å². The molecular formula is C21H23N3O2S. The summed E-state index contributed by atoms with van der Waals surface area (Å²) in [5, 5.41) is 7.70. The van der Waals surface area contributed by atoms with Crippen molar-refractivity contribution in [1.29, 1.82) is 0 Å². The van der Waals surface area contributed by atoms with E-state index in [-0.39, 0.29) is 5.91 Å². The highest BCUT2D eigenvalue weighted by atomic mass is 32.2. The van der Waals surface area contributed by atoms with Crippen LogP contribution in [-0.2, 0) is 12.2 Å². The highest BCUT2D eigenvalue weighted by molar-refractivity contribution is 7.98. The summed E-state index contributed by atoms with van der Waals surface area (Å²) in [6.07, 6.45) is 3.56. The van der Waals surface area contributed by atoms with Crippen LogP contribution in [0.2, 0.25) is 0 Å². The first kappa shape index (κ1) is 19.2. The first-order valence-electron chi connectivity index (χ1n) is 8.97. The Morgan fingerprint density at radius 2 is 1.96 bits per heavy atom. The molecular weight excluding hydrogens is 358 g/mol. The van der Waals surface area contributed by atoms with Crippen molar-refractivity contribution in [3.63, 3.8) is 0 Å². The Morgan fingerprint density at radius 3 is 2.70 bits per heavy atom. The minimum Gasteiger partial charge on any atom is -0.361 e. The number of hydrogen-bond donors (Lipinski definition) is 1. The number of amides is 1. The Hall–Kier alpha value is -2.60. The minimum absolute atomic E-state index is 0.0857. The molecule has 0 fully saturated rings. The van der Waals surface area contributed by atoms with E-state index in [1.54, 1.807) is 12.3 Å². The predicted molar refractivity (Wildman–Crippen MR) is 107 cm³/mol. The van der Waals surface area contributed by atoms with E-state index in [0.717, 1.165) is 34.9 Å². The van der Waals surface area contributed by atoms with E-state index >= 15 is 0 Å². The molecule has 0 saturated carbocycles. The lowest BCUT2D eigenvalue weighted by atomic mass is 10.1. The first-order chi connectivity index (χ1) is 13.1. The van der Waals surface area contributed by atoms with Crippen molar-refractivity contribution in [3.05, 3.63) is 76.8 Å². The Labute approximate surface area is 163 Å². The molecule has 0 atom stereocenters. The second kappa shape index (κ2) is 9.37. The first-order valence-corrected chi connectivity index (χ1v) is 9.95. The maximum atomic E-state index is 12.6. The van der Waals surface area contributed by atoms with Crippen LogP contribution < -0.4 is 5.32 Å². The molecule has 0 bridgehead atoms. The van der Waals surface area contributed by atoms with Gasteiger partial charge in [0.25, 0.3) is 5.91 Å². The van der Waals surface area contributed by atoms with E-state index < -0.39 is 0 Å². The molecule has 0 aliphatic carbocycles. The van der Waals surface area contributed by atoms with Gasteiger partial charge >= 0.3 is 0 Å². The molecule has 2 heterocycles. The maximum absolute atomic E-state index is 12.6. The Balaban J connectivity index is 1.55. The fourth-order valence-electron chi connectivity index (χ4n) is 2.76. The molecule has 2 aromatic heterocycles. The lowest BCUT2D eigenvalue weighted by Gasteiger charge is -2.09. The van der Waals surface area contributed by atoms with Gasteiger partial charge in [-0.1, -0.05) is 35.5 Å². The predicted octanol–water partition coefficient (Wildman–Crippen LogP) is 4.34. The molecule has 0 aliphatic heterocycles. The molecule has 1 aromatic carbocycles. The smallest absolute Gasteiger partial charge is 0.254 e. The zero-order valence-electron chi connectivity index (χ0n) is 15.6. The van der Waals surface area contributed by atoms with Crippen LogP contribution >= 0.6 is 11.8 Å². The number of hydrogen-bond acceptors (Lipinski definition) is 5. The van der Waals surface area contributed by atoms with Crippen molar-refractivity contribution < 1.29 is 9.32 Å². The second-order valence-electron chi connectivity index (χ2n) is 6.29. The third-order valence-electron chi connectivity index (χ3n) is 4.32. The molecule has 3 aromatic rings. The molecule has 0 unspecified atom stereocenters. The number of rotatable bonds is 8. The summed E-state index contributed by atoms with van der Waals surface area (Å²) in [4.78, 5) is 17.0. The summed E-state index contributed by atoms with van der Waals surface area (Å²) in [5.41, 5.74) is 3.82. The standard InChI is InChI=1S/C21H23N3O2S/c1-15-19(16(2)26-24-15)14-27-21-18(11-7-13-23-21)20(25)22-12-6-10-17-8-4-3-5-9-17/h3-5,7-9,11,13H,6,10,12,14H2,1-2H3,(H,22,25). The second-order valence-corrected chi connectivity index (χ2v) is 7.26. The van der Waals surface area contributed by atoms with E-state index in [9.17, 15) is 4.79 Å². The summed E-state index contributed by atoms with van der Waals surface area (Å²) in [6, 6.07) is 13.9. The molecule has 140 valence electrons. The number of benzene rings is 1. The van der Waals surface area contributed by atoms with E-state index in [1.807, 2.05) is 38.1 Å². The fraction of sp³-hybridized carbons (Fsp3) is 0.286. The van der Waals surface area contributed by atoms with Crippen LogP contribution in [0.15, 0.2) is 58.2 Å². The third-order valence-corrected chi connectivity index (χ3v) is 5.35. The zero-order valence-corrected chi connectivity index (χ0v) is 16.4. The van der Waals surface area contributed by atoms with Gasteiger partial charge in [-0.15, -0.1) is 11.8 Å². The number of nitrogens with zero attached hydrogens (tertiary/aromatic N) is 2. The molecule has 0 radical (unpaired) electrons. The SMILES string of the molecule is Cc1noc(C)c1CSc1ncccc1C(=O)NCCCc1ccccc1. The normalized spacial score (nSPS) is 10.7. The molecule has 3 rings (SSSR count). The van der Waals surface area contributed by atoms with Crippen molar-refractivity contribution in [2.24, 2.45) is 0 Å². The maximum Gasteiger partial charge on any atom is 0.254 e. The molecule has 0 spiro atoms. The zero-order chi connectivity index (χ0) is 19.1. The molecule has 1 amide bonds. The van der Waals surface area contributed by atoms with Crippen LogP contribution in [0, 0.1) is 13.8 Å². The number of aromatic nitrogens is 2. The van der Waals surface area contributed by atoms with Gasteiger partial charge < -0.3 is 9.84 Å². The lowest BCUT2D eigenvalue weighted by Crippen LogP contribution is -2.25. The topological polar surface area (TPSA) is 68.0 Å². The lowest BCUT2D eigenvalue weighted by molar-refractivity contribution is 0.0949. The molecule has 5 nitrogen and oxygen atoms in total.